The van der Waals surface area contributed by atoms with Gasteiger partial charge in [-0.15, -0.1) is 0 Å². The Bertz CT molecular complexity index is 662. The van der Waals surface area contributed by atoms with E-state index in [-0.39, 0.29) is 11.7 Å². The Kier molecular flexibility index (Phi) is 4.38. The number of nitrogens with two attached hydrogens (primary N) is 1. The molecule has 0 radical (unpaired) electrons. The predicted molar refractivity (Wildman–Crippen MR) is 87.8 cm³/mol. The molecule has 5 nitrogen and oxygen atoms in total. The van der Waals surface area contributed by atoms with Crippen molar-refractivity contribution in [2.45, 2.75) is 36.5 Å². The average Bonchev–Trinajstić information content (AvgIpc) is 2.71. The fourth-order valence-corrected chi connectivity index (χ4v) is 5.17. The highest BCUT2D eigenvalue weighted by molar-refractivity contribution is 7.91. The predicted octanol–water partition coefficient (Wildman–Crippen LogP) is 1.75. The summed E-state index contributed by atoms with van der Waals surface area (Å²) in [7, 11) is -3.16. The third kappa shape index (κ3) is 3.11. The maximum atomic E-state index is 12.2. The van der Waals surface area contributed by atoms with Crippen molar-refractivity contribution < 1.29 is 8.42 Å². The van der Waals surface area contributed by atoms with Gasteiger partial charge in [0.2, 0.25) is 0 Å². The van der Waals surface area contributed by atoms with Crippen molar-refractivity contribution >= 4 is 15.8 Å². The number of rotatable bonds is 2. The molecule has 1 aromatic carbocycles. The molecular formula is C16H23N3O2S. The second-order valence-corrected chi connectivity index (χ2v) is 8.12. The van der Waals surface area contributed by atoms with Gasteiger partial charge in [0, 0.05) is 19.0 Å². The summed E-state index contributed by atoms with van der Waals surface area (Å²) in [6.07, 6.45) is 4.80. The van der Waals surface area contributed by atoms with Gasteiger partial charge in [0.15, 0.2) is 15.8 Å². The Balaban J connectivity index is 1.73. The topological polar surface area (TPSA) is 75.8 Å². The molecule has 2 N–H and O–H groups in total. The van der Waals surface area contributed by atoms with Gasteiger partial charge in [-0.05, 0) is 24.5 Å². The summed E-state index contributed by atoms with van der Waals surface area (Å²) in [4.78, 5) is 7.08. The molecule has 1 atom stereocenters. The zero-order chi connectivity index (χ0) is 15.6. The molecule has 0 aliphatic carbocycles. The summed E-state index contributed by atoms with van der Waals surface area (Å²) < 4.78 is 24.3. The largest absolute Gasteiger partial charge is 0.370 e. The molecule has 0 bridgehead atoms. The van der Waals surface area contributed by atoms with Gasteiger partial charge in [0.05, 0.1) is 17.2 Å². The van der Waals surface area contributed by atoms with E-state index >= 15 is 0 Å². The Morgan fingerprint density at radius 2 is 1.86 bits per heavy atom. The second-order valence-electron chi connectivity index (χ2n) is 6.12. The minimum absolute atomic E-state index is 0.0771. The molecule has 2 heterocycles. The number of hydrogen-bond acceptors (Lipinski definition) is 3. The van der Waals surface area contributed by atoms with E-state index in [4.69, 9.17) is 5.73 Å². The number of sulfone groups is 1. The van der Waals surface area contributed by atoms with Crippen LogP contribution < -0.4 is 5.73 Å². The van der Waals surface area contributed by atoms with E-state index in [1.807, 2.05) is 12.1 Å². The molecule has 22 heavy (non-hydrogen) atoms. The molecule has 0 spiro atoms. The molecule has 6 heteroatoms. The van der Waals surface area contributed by atoms with Crippen LogP contribution in [0.4, 0.5) is 0 Å². The van der Waals surface area contributed by atoms with Gasteiger partial charge in [0.25, 0.3) is 0 Å². The summed E-state index contributed by atoms with van der Waals surface area (Å²) in [6, 6.07) is 7.23. The minimum atomic E-state index is -3.16. The van der Waals surface area contributed by atoms with Crippen LogP contribution in [0.3, 0.4) is 0 Å². The zero-order valence-electron chi connectivity index (χ0n) is 12.7. The van der Waals surface area contributed by atoms with Gasteiger partial charge >= 0.3 is 0 Å². The number of hydrogen-bond donors (Lipinski definition) is 1. The van der Waals surface area contributed by atoms with Crippen molar-refractivity contribution in [3.8, 4) is 0 Å². The van der Waals surface area contributed by atoms with Crippen molar-refractivity contribution in [3.63, 3.8) is 0 Å². The molecule has 3 rings (SSSR count). The van der Waals surface area contributed by atoms with Gasteiger partial charge in [-0.3, -0.25) is 4.99 Å². The Morgan fingerprint density at radius 1 is 1.18 bits per heavy atom. The van der Waals surface area contributed by atoms with Gasteiger partial charge in [-0.25, -0.2) is 8.42 Å². The molecule has 1 fully saturated rings. The number of likely N-dealkylation sites (tertiary alicyclic amines) is 1. The lowest BCUT2D eigenvalue weighted by Crippen LogP contribution is -2.38. The quantitative estimate of drug-likeness (QED) is 0.665. The minimum Gasteiger partial charge on any atom is -0.370 e. The van der Waals surface area contributed by atoms with E-state index in [2.05, 4.69) is 9.89 Å². The normalized spacial score (nSPS) is 24.8. The van der Waals surface area contributed by atoms with Crippen molar-refractivity contribution in [1.82, 2.24) is 4.90 Å². The van der Waals surface area contributed by atoms with Crippen LogP contribution in [0.1, 0.15) is 37.2 Å². The molecule has 2 aliphatic rings. The smallest absolute Gasteiger partial charge is 0.191 e. The third-order valence-electron chi connectivity index (χ3n) is 4.52. The molecule has 0 aromatic heterocycles. The van der Waals surface area contributed by atoms with Crippen LogP contribution in [-0.4, -0.2) is 44.7 Å². The number of nitrogens with zero attached hydrogens (tertiary/aromatic N) is 2. The van der Waals surface area contributed by atoms with Crippen molar-refractivity contribution in [2.24, 2.45) is 10.7 Å². The highest BCUT2D eigenvalue weighted by atomic mass is 32.2. The fraction of sp³-hybridized carbons (Fsp3) is 0.562. The molecule has 120 valence electrons. The number of fused-ring (bicyclic) bond motifs is 1. The number of aliphatic imine (C=N–C) groups is 1. The summed E-state index contributed by atoms with van der Waals surface area (Å²) in [6.45, 7) is 2.35. The second kappa shape index (κ2) is 6.28. The highest BCUT2D eigenvalue weighted by Gasteiger charge is 2.34. The first-order chi connectivity index (χ1) is 10.6. The lowest BCUT2D eigenvalue weighted by molar-refractivity contribution is 0.428. The zero-order valence-corrected chi connectivity index (χ0v) is 13.6. The monoisotopic (exact) mass is 321 g/mol. The number of benzene rings is 1. The summed E-state index contributed by atoms with van der Waals surface area (Å²) in [5.41, 5.74) is 6.99. The van der Waals surface area contributed by atoms with E-state index in [0.717, 1.165) is 31.5 Å². The van der Waals surface area contributed by atoms with E-state index in [1.54, 1.807) is 12.1 Å². The van der Waals surface area contributed by atoms with Crippen LogP contribution in [0.25, 0.3) is 0 Å². The van der Waals surface area contributed by atoms with Gasteiger partial charge in [-0.1, -0.05) is 31.0 Å². The first-order valence-electron chi connectivity index (χ1n) is 7.94. The van der Waals surface area contributed by atoms with Crippen LogP contribution in [0.15, 0.2) is 34.2 Å². The van der Waals surface area contributed by atoms with E-state index in [9.17, 15) is 8.42 Å². The van der Waals surface area contributed by atoms with Crippen LogP contribution >= 0.6 is 0 Å². The molecule has 0 amide bonds. The average molecular weight is 321 g/mol. The molecule has 1 saturated heterocycles. The van der Waals surface area contributed by atoms with Crippen LogP contribution in [0.5, 0.6) is 0 Å². The molecule has 1 aromatic rings. The fourth-order valence-electron chi connectivity index (χ4n) is 3.30. The first-order valence-corrected chi connectivity index (χ1v) is 9.60. The van der Waals surface area contributed by atoms with Crippen LogP contribution in [0.2, 0.25) is 0 Å². The Hall–Kier alpha value is -1.56. The van der Waals surface area contributed by atoms with Gasteiger partial charge < -0.3 is 10.6 Å². The van der Waals surface area contributed by atoms with E-state index in [0.29, 0.717) is 17.4 Å². The standard InChI is InChI=1S/C16H23N3O2S/c17-16(19-9-5-1-2-6-10-19)18-11-13-12-22(20,21)15-8-4-3-7-14(13)15/h3-4,7-8,13H,1-2,5-6,9-12H2,(H2,17,18). The Labute approximate surface area is 132 Å². The molecular weight excluding hydrogens is 298 g/mol. The van der Waals surface area contributed by atoms with Gasteiger partial charge in [-0.2, -0.15) is 0 Å². The van der Waals surface area contributed by atoms with Crippen molar-refractivity contribution in [2.75, 3.05) is 25.4 Å². The summed E-state index contributed by atoms with van der Waals surface area (Å²) in [5, 5.41) is 0. The van der Waals surface area contributed by atoms with Crippen molar-refractivity contribution in [3.05, 3.63) is 29.8 Å². The van der Waals surface area contributed by atoms with Crippen LogP contribution in [-0.2, 0) is 9.84 Å². The SMILES string of the molecule is NC(=NCC1CS(=O)(=O)c2ccccc21)N1CCCCCC1. The summed E-state index contributed by atoms with van der Waals surface area (Å²) in [5.74, 6) is 0.624. The summed E-state index contributed by atoms with van der Waals surface area (Å²) >= 11 is 0. The maximum Gasteiger partial charge on any atom is 0.191 e. The molecule has 2 aliphatic heterocycles. The van der Waals surface area contributed by atoms with E-state index in [1.165, 1.54) is 12.8 Å². The molecule has 0 saturated carbocycles. The maximum absolute atomic E-state index is 12.2. The highest BCUT2D eigenvalue weighted by Crippen LogP contribution is 2.34. The lowest BCUT2D eigenvalue weighted by Gasteiger charge is -2.21. The Morgan fingerprint density at radius 3 is 2.59 bits per heavy atom. The van der Waals surface area contributed by atoms with Crippen molar-refractivity contribution in [1.29, 1.82) is 0 Å². The first kappa shape index (κ1) is 15.3. The third-order valence-corrected chi connectivity index (χ3v) is 6.40. The number of guanidine groups is 1. The lowest BCUT2D eigenvalue weighted by atomic mass is 10.0. The van der Waals surface area contributed by atoms with Crippen LogP contribution in [0, 0.1) is 0 Å². The van der Waals surface area contributed by atoms with Gasteiger partial charge in [0.1, 0.15) is 0 Å². The molecule has 1 unspecified atom stereocenters. The van der Waals surface area contributed by atoms with E-state index < -0.39 is 9.84 Å².